The Labute approximate surface area is 153 Å². The molecule has 0 aliphatic carbocycles. The van der Waals surface area contributed by atoms with Crippen LogP contribution in [0.3, 0.4) is 0 Å². The van der Waals surface area contributed by atoms with Gasteiger partial charge in [0.15, 0.2) is 4.34 Å². The molecule has 1 N–H and O–H groups in total. The molecule has 0 radical (unpaired) electrons. The number of nitrogens with zero attached hydrogens (tertiary/aromatic N) is 3. The van der Waals surface area contributed by atoms with E-state index in [0.717, 1.165) is 17.8 Å². The molecule has 0 unspecified atom stereocenters. The number of nitrogens with one attached hydrogen (secondary N) is 1. The summed E-state index contributed by atoms with van der Waals surface area (Å²) in [7, 11) is -2.36. The van der Waals surface area contributed by atoms with Crippen LogP contribution in [-0.4, -0.2) is 44.4 Å². The lowest BCUT2D eigenvalue weighted by Crippen LogP contribution is -2.24. The van der Waals surface area contributed by atoms with E-state index in [2.05, 4.69) is 14.9 Å². The summed E-state index contributed by atoms with van der Waals surface area (Å²) in [5.74, 6) is 0.407. The Balaban J connectivity index is 1.94. The molecule has 0 atom stereocenters. The highest BCUT2D eigenvalue weighted by atomic mass is 32.2. The Kier molecular flexibility index (Phi) is 5.16. The summed E-state index contributed by atoms with van der Waals surface area (Å²) in [4.78, 5) is 13.6. The molecule has 1 aliphatic rings. The smallest absolute Gasteiger partial charge is 0.263 e. The average Bonchev–Trinajstić information content (AvgIpc) is 3.22. The van der Waals surface area contributed by atoms with Crippen LogP contribution in [0.25, 0.3) is 0 Å². The first-order valence-corrected chi connectivity index (χ1v) is 10.9. The SMILES string of the molecule is COc1ccc(S(=O)(=O)Nc2nnc(SC)s2)cc1N1CCCC1=O. The van der Waals surface area contributed by atoms with Crippen LogP contribution in [0.15, 0.2) is 27.4 Å². The topological polar surface area (TPSA) is 101 Å². The Morgan fingerprint density at radius 1 is 1.36 bits per heavy atom. The maximum atomic E-state index is 12.6. The van der Waals surface area contributed by atoms with Crippen molar-refractivity contribution in [2.75, 3.05) is 29.5 Å². The molecular weight excluding hydrogens is 384 g/mol. The normalized spacial score (nSPS) is 14.8. The van der Waals surface area contributed by atoms with Crippen LogP contribution in [0.1, 0.15) is 12.8 Å². The van der Waals surface area contributed by atoms with Crippen LogP contribution in [0.5, 0.6) is 5.75 Å². The molecule has 0 bridgehead atoms. The number of carbonyl (C=O) groups excluding carboxylic acids is 1. The second-order valence-corrected chi connectivity index (χ2v) is 8.88. The number of aromatic nitrogens is 2. The van der Waals surface area contributed by atoms with Gasteiger partial charge in [-0.2, -0.15) is 0 Å². The largest absolute Gasteiger partial charge is 0.495 e. The van der Waals surface area contributed by atoms with Crippen LogP contribution in [0.4, 0.5) is 10.8 Å². The van der Waals surface area contributed by atoms with Crippen molar-refractivity contribution in [3.05, 3.63) is 18.2 Å². The van der Waals surface area contributed by atoms with Gasteiger partial charge in [0.25, 0.3) is 10.0 Å². The van der Waals surface area contributed by atoms with Crippen molar-refractivity contribution in [1.29, 1.82) is 0 Å². The number of rotatable bonds is 6. The van der Waals surface area contributed by atoms with Gasteiger partial charge in [-0.05, 0) is 30.9 Å². The van der Waals surface area contributed by atoms with Crippen molar-refractivity contribution in [2.45, 2.75) is 22.1 Å². The van der Waals surface area contributed by atoms with Gasteiger partial charge >= 0.3 is 0 Å². The third kappa shape index (κ3) is 3.72. The monoisotopic (exact) mass is 400 g/mol. The van der Waals surface area contributed by atoms with E-state index in [4.69, 9.17) is 4.74 Å². The molecular formula is C14H16N4O4S3. The molecule has 1 saturated heterocycles. The maximum absolute atomic E-state index is 12.6. The van der Waals surface area contributed by atoms with Crippen LogP contribution in [0, 0.1) is 0 Å². The maximum Gasteiger partial charge on any atom is 0.263 e. The third-order valence-corrected chi connectivity index (χ3v) is 6.91. The van der Waals surface area contributed by atoms with Gasteiger partial charge in [-0.3, -0.25) is 9.52 Å². The van der Waals surface area contributed by atoms with E-state index in [9.17, 15) is 13.2 Å². The zero-order chi connectivity index (χ0) is 18.0. The number of thioether (sulfide) groups is 1. The molecule has 1 aromatic heterocycles. The van der Waals surface area contributed by atoms with E-state index in [0.29, 0.717) is 28.7 Å². The minimum Gasteiger partial charge on any atom is -0.495 e. The fourth-order valence-corrected chi connectivity index (χ4v) is 4.88. The fourth-order valence-electron chi connectivity index (χ4n) is 2.46. The van der Waals surface area contributed by atoms with Gasteiger partial charge in [0.05, 0.1) is 17.7 Å². The molecule has 3 rings (SSSR count). The Morgan fingerprint density at radius 3 is 2.76 bits per heavy atom. The molecule has 1 aliphatic heterocycles. The molecule has 11 heteroatoms. The first-order valence-electron chi connectivity index (χ1n) is 7.33. The molecule has 2 heterocycles. The van der Waals surface area contributed by atoms with Gasteiger partial charge in [0.2, 0.25) is 11.0 Å². The Bertz CT molecular complexity index is 897. The highest BCUT2D eigenvalue weighted by molar-refractivity contribution is 8.00. The standard InChI is InChI=1S/C14H16N4O4S3/c1-22-11-6-5-9(8-10(11)18-7-3-4-12(18)19)25(20,21)17-13-15-16-14(23-2)24-13/h5-6,8H,3-4,7H2,1-2H3,(H,15,17). The molecule has 1 amide bonds. The summed E-state index contributed by atoms with van der Waals surface area (Å²) in [6.07, 6.45) is 3.02. The summed E-state index contributed by atoms with van der Waals surface area (Å²) in [5.41, 5.74) is 0.454. The summed E-state index contributed by atoms with van der Waals surface area (Å²) in [6.45, 7) is 0.541. The van der Waals surface area contributed by atoms with Crippen molar-refractivity contribution < 1.29 is 17.9 Å². The quantitative estimate of drug-likeness (QED) is 0.742. The van der Waals surface area contributed by atoms with Gasteiger partial charge < -0.3 is 9.64 Å². The number of benzene rings is 1. The molecule has 1 fully saturated rings. The van der Waals surface area contributed by atoms with E-state index >= 15 is 0 Å². The molecule has 25 heavy (non-hydrogen) atoms. The molecule has 1 aromatic carbocycles. The predicted octanol–water partition coefficient (Wildman–Crippen LogP) is 2.20. The molecule has 0 spiro atoms. The number of sulfonamides is 1. The second-order valence-electron chi connectivity index (χ2n) is 5.17. The summed E-state index contributed by atoms with van der Waals surface area (Å²) < 4.78 is 33.6. The van der Waals surface area contributed by atoms with Gasteiger partial charge in [-0.1, -0.05) is 23.1 Å². The number of amides is 1. The highest BCUT2D eigenvalue weighted by Crippen LogP contribution is 2.34. The van der Waals surface area contributed by atoms with E-state index in [1.54, 1.807) is 11.0 Å². The van der Waals surface area contributed by atoms with E-state index in [1.165, 1.54) is 31.0 Å². The van der Waals surface area contributed by atoms with E-state index < -0.39 is 10.0 Å². The highest BCUT2D eigenvalue weighted by Gasteiger charge is 2.27. The van der Waals surface area contributed by atoms with Crippen molar-refractivity contribution in [3.63, 3.8) is 0 Å². The molecule has 8 nitrogen and oxygen atoms in total. The number of hydrogen-bond acceptors (Lipinski definition) is 8. The number of hydrogen-bond donors (Lipinski definition) is 1. The molecule has 2 aromatic rings. The lowest BCUT2D eigenvalue weighted by Gasteiger charge is -2.19. The zero-order valence-corrected chi connectivity index (χ0v) is 16.0. The van der Waals surface area contributed by atoms with Crippen molar-refractivity contribution in [3.8, 4) is 5.75 Å². The van der Waals surface area contributed by atoms with E-state index in [1.807, 2.05) is 6.26 Å². The Hall–Kier alpha value is -1.85. The Morgan fingerprint density at radius 2 is 2.16 bits per heavy atom. The van der Waals surface area contributed by atoms with Gasteiger partial charge in [0, 0.05) is 13.0 Å². The van der Waals surface area contributed by atoms with Crippen molar-refractivity contribution in [2.24, 2.45) is 0 Å². The minimum absolute atomic E-state index is 0.0314. The number of ether oxygens (including phenoxy) is 1. The molecule has 0 saturated carbocycles. The van der Waals surface area contributed by atoms with Crippen LogP contribution in [-0.2, 0) is 14.8 Å². The van der Waals surface area contributed by atoms with Gasteiger partial charge in [0.1, 0.15) is 5.75 Å². The summed E-state index contributed by atoms with van der Waals surface area (Å²) >= 11 is 2.54. The molecule has 134 valence electrons. The fraction of sp³-hybridized carbons (Fsp3) is 0.357. The first kappa shape index (κ1) is 18.0. The van der Waals surface area contributed by atoms with Gasteiger partial charge in [-0.15, -0.1) is 10.2 Å². The summed E-state index contributed by atoms with van der Waals surface area (Å²) in [6, 6.07) is 4.42. The van der Waals surface area contributed by atoms with Crippen molar-refractivity contribution >= 4 is 49.8 Å². The average molecular weight is 401 g/mol. The predicted molar refractivity (Wildman–Crippen MR) is 97.1 cm³/mol. The van der Waals surface area contributed by atoms with Crippen LogP contribution in [0.2, 0.25) is 0 Å². The van der Waals surface area contributed by atoms with Crippen molar-refractivity contribution in [1.82, 2.24) is 10.2 Å². The lowest BCUT2D eigenvalue weighted by atomic mass is 10.2. The summed E-state index contributed by atoms with van der Waals surface area (Å²) in [5, 5.41) is 7.87. The number of carbonyl (C=O) groups is 1. The first-order chi connectivity index (χ1) is 11.9. The minimum atomic E-state index is -3.85. The number of methoxy groups -OCH3 is 1. The van der Waals surface area contributed by atoms with E-state index in [-0.39, 0.29) is 15.9 Å². The van der Waals surface area contributed by atoms with Crippen LogP contribution >= 0.6 is 23.1 Å². The lowest BCUT2D eigenvalue weighted by molar-refractivity contribution is -0.117. The zero-order valence-electron chi connectivity index (χ0n) is 13.6. The van der Waals surface area contributed by atoms with Gasteiger partial charge in [-0.25, -0.2) is 8.42 Å². The van der Waals surface area contributed by atoms with Crippen LogP contribution < -0.4 is 14.4 Å². The number of anilines is 2. The third-order valence-electron chi connectivity index (χ3n) is 3.63. The second kappa shape index (κ2) is 7.18.